The predicted octanol–water partition coefficient (Wildman–Crippen LogP) is 7.66. The topological polar surface area (TPSA) is 4.93 Å². The van der Waals surface area contributed by atoms with Crippen molar-refractivity contribution in [2.24, 2.45) is 0 Å². The lowest BCUT2D eigenvalue weighted by atomic mass is 9.69. The third-order valence-corrected chi connectivity index (χ3v) is 9.37. The molecule has 0 saturated heterocycles. The van der Waals surface area contributed by atoms with Crippen LogP contribution in [0.25, 0.3) is 10.9 Å². The van der Waals surface area contributed by atoms with E-state index in [1.807, 2.05) is 24.3 Å². The number of hydrogen-bond donors (Lipinski definition) is 0. The first kappa shape index (κ1) is 20.2. The lowest BCUT2D eigenvalue weighted by molar-refractivity contribution is 0.607. The summed E-state index contributed by atoms with van der Waals surface area (Å²) in [4.78, 5) is 0. The molecule has 1 aromatic heterocycles. The Morgan fingerprint density at radius 3 is 1.90 bits per heavy atom. The van der Waals surface area contributed by atoms with Gasteiger partial charge in [0, 0.05) is 23.8 Å². The molecule has 1 aliphatic heterocycles. The van der Waals surface area contributed by atoms with E-state index < -0.39 is 5.41 Å². The summed E-state index contributed by atoms with van der Waals surface area (Å²) in [5, 5.41) is 1.20. The van der Waals surface area contributed by atoms with E-state index in [2.05, 4.69) is 80.9 Å². The molecule has 0 aliphatic carbocycles. The number of aryl methyl sites for hydroxylation is 1. The van der Waals surface area contributed by atoms with Crippen molar-refractivity contribution >= 4 is 56.1 Å². The van der Waals surface area contributed by atoms with Gasteiger partial charge < -0.3 is 4.57 Å². The van der Waals surface area contributed by atoms with Crippen LogP contribution in [0.2, 0.25) is 0 Å². The third-order valence-electron chi connectivity index (χ3n) is 6.00. The van der Waals surface area contributed by atoms with Crippen LogP contribution in [0.3, 0.4) is 0 Å². The largest absolute Gasteiger partial charge is 0.338 e. The van der Waals surface area contributed by atoms with Crippen LogP contribution < -0.4 is 0 Å². The van der Waals surface area contributed by atoms with Crippen LogP contribution in [0.4, 0.5) is 8.78 Å². The molecule has 30 heavy (non-hydrogen) atoms. The van der Waals surface area contributed by atoms with Crippen LogP contribution in [-0.2, 0) is 12.0 Å². The maximum absolute atomic E-state index is 13.9. The normalized spacial score (nSPS) is 15.5. The summed E-state index contributed by atoms with van der Waals surface area (Å²) in [5.41, 5.74) is 4.84. The van der Waals surface area contributed by atoms with Gasteiger partial charge in [-0.1, -0.05) is 42.5 Å². The zero-order chi connectivity index (χ0) is 21.0. The zero-order valence-corrected chi connectivity index (χ0v) is 20.4. The summed E-state index contributed by atoms with van der Waals surface area (Å²) in [6, 6.07) is 21.9. The van der Waals surface area contributed by atoms with Crippen molar-refractivity contribution in [3.05, 3.63) is 114 Å². The standard InChI is InChI=1S/C25H17F2I2N/c1-15-20-4-2-3-5-22(20)30-14-21(28)23(29)25(24(15)30,16-6-10-18(26)11-7-16)17-8-12-19(27)13-9-17/h2-13H,14H2,1H3. The van der Waals surface area contributed by atoms with Crippen LogP contribution in [-0.4, -0.2) is 4.57 Å². The summed E-state index contributed by atoms with van der Waals surface area (Å²) in [5.74, 6) is -0.537. The summed E-state index contributed by atoms with van der Waals surface area (Å²) < 4.78 is 32.5. The Kier molecular flexibility index (Phi) is 5.01. The highest BCUT2D eigenvalue weighted by Gasteiger charge is 2.46. The average Bonchev–Trinajstić information content (AvgIpc) is 3.03. The second-order valence-electron chi connectivity index (χ2n) is 7.56. The van der Waals surface area contributed by atoms with Crippen molar-refractivity contribution in [1.82, 2.24) is 4.57 Å². The van der Waals surface area contributed by atoms with Crippen molar-refractivity contribution in [3.8, 4) is 0 Å². The molecule has 0 radical (unpaired) electrons. The number of para-hydroxylation sites is 1. The van der Waals surface area contributed by atoms with E-state index >= 15 is 0 Å². The Bertz CT molecular complexity index is 1260. The van der Waals surface area contributed by atoms with Gasteiger partial charge in [-0.3, -0.25) is 0 Å². The number of nitrogens with zero attached hydrogens (tertiary/aromatic N) is 1. The van der Waals surface area contributed by atoms with Gasteiger partial charge in [0.15, 0.2) is 0 Å². The molecule has 5 heteroatoms. The first-order chi connectivity index (χ1) is 14.4. The first-order valence-electron chi connectivity index (χ1n) is 9.59. The van der Waals surface area contributed by atoms with E-state index in [1.54, 1.807) is 0 Å². The molecular formula is C25H17F2I2N. The average molecular weight is 623 g/mol. The number of halogens is 4. The van der Waals surface area contributed by atoms with Crippen molar-refractivity contribution in [1.29, 1.82) is 0 Å². The SMILES string of the molecule is Cc1c2n(c3ccccc13)CC(I)=C(I)C2(c1ccc(F)cc1)c1ccc(F)cc1. The highest BCUT2D eigenvalue weighted by Crippen LogP contribution is 2.55. The number of hydrogen-bond acceptors (Lipinski definition) is 0. The molecule has 1 nitrogen and oxygen atoms in total. The fourth-order valence-corrected chi connectivity index (χ4v) is 6.53. The van der Waals surface area contributed by atoms with Gasteiger partial charge >= 0.3 is 0 Å². The van der Waals surface area contributed by atoms with Gasteiger partial charge in [-0.15, -0.1) is 0 Å². The number of aromatic nitrogens is 1. The Balaban J connectivity index is 1.98. The van der Waals surface area contributed by atoms with Crippen molar-refractivity contribution in [3.63, 3.8) is 0 Å². The van der Waals surface area contributed by atoms with Gasteiger partial charge in [-0.2, -0.15) is 0 Å². The molecule has 1 aliphatic rings. The van der Waals surface area contributed by atoms with Crippen molar-refractivity contribution < 1.29 is 8.78 Å². The van der Waals surface area contributed by atoms with Crippen molar-refractivity contribution in [2.45, 2.75) is 18.9 Å². The second kappa shape index (κ2) is 7.44. The monoisotopic (exact) mass is 623 g/mol. The molecule has 0 spiro atoms. The molecule has 0 saturated carbocycles. The molecule has 0 amide bonds. The molecule has 0 atom stereocenters. The van der Waals surface area contributed by atoms with Gasteiger partial charge in [-0.05, 0) is 99.1 Å². The van der Waals surface area contributed by atoms with E-state index in [4.69, 9.17) is 0 Å². The highest BCUT2D eigenvalue weighted by molar-refractivity contribution is 14.1. The van der Waals surface area contributed by atoms with Gasteiger partial charge in [0.05, 0.1) is 12.0 Å². The minimum atomic E-state index is -0.639. The molecule has 2 heterocycles. The fourth-order valence-electron chi connectivity index (χ4n) is 4.73. The second-order valence-corrected chi connectivity index (χ2v) is 9.94. The zero-order valence-electron chi connectivity index (χ0n) is 16.1. The van der Waals surface area contributed by atoms with E-state index in [1.165, 1.54) is 44.3 Å². The Labute approximate surface area is 201 Å². The molecule has 150 valence electrons. The molecule has 5 rings (SSSR count). The summed E-state index contributed by atoms with van der Waals surface area (Å²) in [6.45, 7) is 2.94. The third kappa shape index (κ3) is 2.81. The predicted molar refractivity (Wildman–Crippen MR) is 134 cm³/mol. The van der Waals surface area contributed by atoms with E-state index in [-0.39, 0.29) is 11.6 Å². The van der Waals surface area contributed by atoms with Crippen LogP contribution >= 0.6 is 45.2 Å². The number of benzene rings is 3. The van der Waals surface area contributed by atoms with E-state index in [0.717, 1.165) is 26.9 Å². The molecule has 0 N–H and O–H groups in total. The number of fused-ring (bicyclic) bond motifs is 3. The summed E-state index contributed by atoms with van der Waals surface area (Å²) >= 11 is 4.85. The maximum Gasteiger partial charge on any atom is 0.123 e. The molecule has 0 fully saturated rings. The minimum absolute atomic E-state index is 0.269. The Hall–Kier alpha value is -1.74. The minimum Gasteiger partial charge on any atom is -0.338 e. The van der Waals surface area contributed by atoms with E-state index in [0.29, 0.717) is 0 Å². The van der Waals surface area contributed by atoms with Gasteiger partial charge in [0.2, 0.25) is 0 Å². The van der Waals surface area contributed by atoms with Crippen LogP contribution in [0.1, 0.15) is 22.4 Å². The highest BCUT2D eigenvalue weighted by atomic mass is 127. The number of rotatable bonds is 2. The lowest BCUT2D eigenvalue weighted by Crippen LogP contribution is -2.37. The maximum atomic E-state index is 13.9. The molecular weight excluding hydrogens is 606 g/mol. The smallest absolute Gasteiger partial charge is 0.123 e. The number of allylic oxidation sites excluding steroid dienone is 2. The van der Waals surface area contributed by atoms with Gasteiger partial charge in [0.25, 0.3) is 0 Å². The van der Waals surface area contributed by atoms with Crippen LogP contribution in [0.15, 0.2) is 80.0 Å². The van der Waals surface area contributed by atoms with Crippen LogP contribution in [0.5, 0.6) is 0 Å². The van der Waals surface area contributed by atoms with E-state index in [9.17, 15) is 8.78 Å². The van der Waals surface area contributed by atoms with Gasteiger partial charge in [0.1, 0.15) is 11.6 Å². The van der Waals surface area contributed by atoms with Crippen molar-refractivity contribution in [2.75, 3.05) is 0 Å². The quantitative estimate of drug-likeness (QED) is 0.202. The van der Waals surface area contributed by atoms with Gasteiger partial charge in [-0.25, -0.2) is 8.78 Å². The molecule has 0 bridgehead atoms. The summed E-state index contributed by atoms with van der Waals surface area (Å²) in [7, 11) is 0. The molecule has 3 aromatic carbocycles. The fraction of sp³-hybridized carbons (Fsp3) is 0.120. The first-order valence-corrected chi connectivity index (χ1v) is 11.8. The summed E-state index contributed by atoms with van der Waals surface area (Å²) in [6.07, 6.45) is 0. The Morgan fingerprint density at radius 1 is 0.800 bits per heavy atom. The molecule has 0 unspecified atom stereocenters. The Morgan fingerprint density at radius 2 is 1.33 bits per heavy atom. The molecule has 4 aromatic rings. The lowest BCUT2D eigenvalue weighted by Gasteiger charge is -2.41. The van der Waals surface area contributed by atoms with Crippen LogP contribution in [0, 0.1) is 18.6 Å².